The number of carbonyl (C=O) groups excluding carboxylic acids is 2. The maximum Gasteiger partial charge on any atom is 0.306 e. The molecule has 0 rings (SSSR count). The van der Waals surface area contributed by atoms with Gasteiger partial charge in [-0.25, -0.2) is 0 Å². The van der Waals surface area contributed by atoms with Gasteiger partial charge in [0.25, 0.3) is 0 Å². The second-order valence-electron chi connectivity index (χ2n) is 19.8. The van der Waals surface area contributed by atoms with Crippen LogP contribution in [0.2, 0.25) is 0 Å². The van der Waals surface area contributed by atoms with Crippen molar-refractivity contribution in [2.24, 2.45) is 0 Å². The molecule has 0 aromatic heterocycles. The van der Waals surface area contributed by atoms with Gasteiger partial charge in [-0.15, -0.1) is 0 Å². The molecule has 404 valence electrons. The number of rotatable bonds is 55. The van der Waals surface area contributed by atoms with Crippen molar-refractivity contribution >= 4 is 11.9 Å². The summed E-state index contributed by atoms with van der Waals surface area (Å²) < 4.78 is 17.5. The Morgan fingerprint density at radius 1 is 0.329 bits per heavy atom. The Bertz CT molecular complexity index is 1290. The number of hydrogen-bond donors (Lipinski definition) is 0. The highest BCUT2D eigenvalue weighted by Crippen LogP contribution is 2.16. The molecule has 0 aliphatic heterocycles. The van der Waals surface area contributed by atoms with Gasteiger partial charge in [-0.2, -0.15) is 0 Å². The van der Waals surface area contributed by atoms with Gasteiger partial charge in [0, 0.05) is 19.4 Å². The van der Waals surface area contributed by atoms with Crippen LogP contribution < -0.4 is 0 Å². The number of hydrogen-bond acceptors (Lipinski definition) is 5. The molecule has 0 aliphatic carbocycles. The molecule has 0 heterocycles. The fraction of sp³-hybridized carbons (Fsp3) is 0.754. The van der Waals surface area contributed by atoms with Gasteiger partial charge in [-0.3, -0.25) is 9.59 Å². The van der Waals surface area contributed by atoms with Gasteiger partial charge in [0.05, 0.1) is 6.61 Å². The molecule has 0 saturated heterocycles. The van der Waals surface area contributed by atoms with Crippen molar-refractivity contribution in [2.45, 2.75) is 297 Å². The highest BCUT2D eigenvalue weighted by molar-refractivity contribution is 5.70. The van der Waals surface area contributed by atoms with Crippen LogP contribution in [0, 0.1) is 0 Å². The van der Waals surface area contributed by atoms with E-state index < -0.39 is 6.10 Å². The minimum atomic E-state index is -0.549. The largest absolute Gasteiger partial charge is 0.462 e. The predicted octanol–water partition coefficient (Wildman–Crippen LogP) is 20.8. The average molecular weight is 976 g/mol. The Balaban J connectivity index is 4.30. The average Bonchev–Trinajstić information content (AvgIpc) is 3.36. The number of ether oxygens (including phenoxy) is 3. The highest BCUT2D eigenvalue weighted by Gasteiger charge is 2.17. The van der Waals surface area contributed by atoms with Crippen molar-refractivity contribution in [3.05, 3.63) is 85.1 Å². The first-order chi connectivity index (χ1) is 34.6. The number of esters is 2. The van der Waals surface area contributed by atoms with E-state index in [9.17, 15) is 9.59 Å². The maximum atomic E-state index is 12.9. The summed E-state index contributed by atoms with van der Waals surface area (Å²) in [6.45, 7) is 7.61. The van der Waals surface area contributed by atoms with E-state index in [1.165, 1.54) is 161 Å². The van der Waals surface area contributed by atoms with E-state index in [1.54, 1.807) is 0 Å². The zero-order valence-electron chi connectivity index (χ0n) is 46.5. The molecule has 0 bridgehead atoms. The Morgan fingerprint density at radius 3 is 1.03 bits per heavy atom. The monoisotopic (exact) mass is 975 g/mol. The molecule has 0 saturated carbocycles. The molecule has 0 fully saturated rings. The lowest BCUT2D eigenvalue weighted by Crippen LogP contribution is -2.30. The van der Waals surface area contributed by atoms with E-state index in [0.29, 0.717) is 19.4 Å². The van der Waals surface area contributed by atoms with Gasteiger partial charge < -0.3 is 14.2 Å². The first-order valence-corrected chi connectivity index (χ1v) is 30.1. The molecule has 0 radical (unpaired) electrons. The molecule has 1 atom stereocenters. The van der Waals surface area contributed by atoms with Crippen LogP contribution in [0.25, 0.3) is 0 Å². The molecule has 0 spiro atoms. The third-order valence-corrected chi connectivity index (χ3v) is 12.9. The second-order valence-corrected chi connectivity index (χ2v) is 19.8. The summed E-state index contributed by atoms with van der Waals surface area (Å²) in [7, 11) is 0. The Labute approximate surface area is 435 Å². The van der Waals surface area contributed by atoms with E-state index in [-0.39, 0.29) is 25.2 Å². The van der Waals surface area contributed by atoms with Crippen LogP contribution >= 0.6 is 0 Å². The topological polar surface area (TPSA) is 61.8 Å². The van der Waals surface area contributed by atoms with E-state index in [1.807, 2.05) is 0 Å². The van der Waals surface area contributed by atoms with E-state index >= 15 is 0 Å². The third kappa shape index (κ3) is 57.7. The first kappa shape index (κ1) is 67.1. The zero-order valence-corrected chi connectivity index (χ0v) is 46.5. The fourth-order valence-corrected chi connectivity index (χ4v) is 8.52. The molecular weight excluding hydrogens is 861 g/mol. The van der Waals surface area contributed by atoms with Crippen molar-refractivity contribution in [1.82, 2.24) is 0 Å². The van der Waals surface area contributed by atoms with E-state index in [2.05, 4.69) is 106 Å². The molecule has 5 heteroatoms. The van der Waals surface area contributed by atoms with Crippen LogP contribution in [-0.2, 0) is 23.8 Å². The van der Waals surface area contributed by atoms with Gasteiger partial charge in [0.1, 0.15) is 6.61 Å². The van der Waals surface area contributed by atoms with E-state index in [0.717, 1.165) is 96.3 Å². The lowest BCUT2D eigenvalue weighted by molar-refractivity contribution is -0.163. The fourth-order valence-electron chi connectivity index (χ4n) is 8.52. The molecule has 0 aromatic carbocycles. The molecule has 70 heavy (non-hydrogen) atoms. The van der Waals surface area contributed by atoms with Gasteiger partial charge in [-0.05, 0) is 89.9 Å². The quantitative estimate of drug-likeness (QED) is 0.0345. The summed E-state index contributed by atoms with van der Waals surface area (Å²) in [5.41, 5.74) is 0. The van der Waals surface area contributed by atoms with Crippen LogP contribution in [0.5, 0.6) is 0 Å². The van der Waals surface area contributed by atoms with Crippen LogP contribution in [0.1, 0.15) is 290 Å². The van der Waals surface area contributed by atoms with Crippen LogP contribution in [0.4, 0.5) is 0 Å². The Kier molecular flexibility index (Phi) is 57.9. The van der Waals surface area contributed by atoms with Gasteiger partial charge in [-0.1, -0.05) is 273 Å². The molecule has 0 N–H and O–H groups in total. The van der Waals surface area contributed by atoms with Crippen molar-refractivity contribution in [3.63, 3.8) is 0 Å². The lowest BCUT2D eigenvalue weighted by atomic mass is 10.0. The van der Waals surface area contributed by atoms with Crippen molar-refractivity contribution in [2.75, 3.05) is 19.8 Å². The molecule has 0 aromatic rings. The van der Waals surface area contributed by atoms with E-state index in [4.69, 9.17) is 14.2 Å². The van der Waals surface area contributed by atoms with Crippen molar-refractivity contribution < 1.29 is 23.8 Å². The van der Waals surface area contributed by atoms with Crippen molar-refractivity contribution in [3.8, 4) is 0 Å². The number of carbonyl (C=O) groups is 2. The molecular formula is C65H114O5. The molecule has 5 nitrogen and oxygen atoms in total. The third-order valence-electron chi connectivity index (χ3n) is 12.9. The predicted molar refractivity (Wildman–Crippen MR) is 307 cm³/mol. The normalized spacial score (nSPS) is 12.8. The summed E-state index contributed by atoms with van der Waals surface area (Å²) in [6, 6.07) is 0. The minimum Gasteiger partial charge on any atom is -0.462 e. The van der Waals surface area contributed by atoms with Crippen LogP contribution in [0.3, 0.4) is 0 Å². The van der Waals surface area contributed by atoms with Gasteiger partial charge in [0.2, 0.25) is 0 Å². The zero-order chi connectivity index (χ0) is 50.6. The summed E-state index contributed by atoms with van der Waals surface area (Å²) >= 11 is 0. The summed E-state index contributed by atoms with van der Waals surface area (Å²) in [4.78, 5) is 25.6. The summed E-state index contributed by atoms with van der Waals surface area (Å²) in [6.07, 6.45) is 80.4. The molecule has 0 aliphatic rings. The molecule has 0 amide bonds. The number of allylic oxidation sites excluding steroid dienone is 14. The van der Waals surface area contributed by atoms with Crippen molar-refractivity contribution in [1.29, 1.82) is 0 Å². The smallest absolute Gasteiger partial charge is 0.306 e. The molecule has 1 unspecified atom stereocenters. The summed E-state index contributed by atoms with van der Waals surface area (Å²) in [5.74, 6) is -0.404. The van der Waals surface area contributed by atoms with Gasteiger partial charge >= 0.3 is 11.9 Å². The summed E-state index contributed by atoms with van der Waals surface area (Å²) in [5, 5.41) is 0. The van der Waals surface area contributed by atoms with Crippen LogP contribution in [0.15, 0.2) is 85.1 Å². The standard InChI is InChI=1S/C65H114O5/c1-4-7-10-13-16-19-22-25-28-31-32-33-36-39-42-45-48-51-54-57-60-68-61-63(70-65(67)59-56-53-50-47-44-41-38-35-30-27-24-21-18-15-12-9-6-3)62-69-64(66)58-55-52-49-46-43-40-37-34-29-26-23-20-17-14-11-8-5-2/h7-8,10-11,16-17,19-20,25-26,28-29,32-33,63H,4-6,9,12-15,18,21-24,27,30-31,34-62H2,1-3H3/b10-7-,11-8-,19-16-,20-17-,28-25-,29-26-,33-32-. The van der Waals surface area contributed by atoms with Crippen LogP contribution in [-0.4, -0.2) is 37.9 Å². The first-order valence-electron chi connectivity index (χ1n) is 30.1. The Hall–Kier alpha value is -2.92. The number of unbranched alkanes of at least 4 members (excludes halogenated alkanes) is 30. The highest BCUT2D eigenvalue weighted by atomic mass is 16.6. The Morgan fingerprint density at radius 2 is 0.643 bits per heavy atom. The second kappa shape index (κ2) is 60.4. The lowest BCUT2D eigenvalue weighted by Gasteiger charge is -2.18. The SMILES string of the molecule is CC/C=C\C/C=C\C/C=C\C/C=C\CCCCCCCCCOCC(COC(=O)CCCCCCCCC/C=C\C/C=C\C/C=C\CC)OC(=O)CCCCCCCCCCCCCCCCCCC. The minimum absolute atomic E-state index is 0.0750. The van der Waals surface area contributed by atoms with Gasteiger partial charge in [0.15, 0.2) is 6.10 Å². The maximum absolute atomic E-state index is 12.9.